The molecule has 146 valence electrons. The lowest BCUT2D eigenvalue weighted by molar-refractivity contribution is -0.119. The summed E-state index contributed by atoms with van der Waals surface area (Å²) in [6.07, 6.45) is 4.10. The molecule has 1 saturated heterocycles. The van der Waals surface area contributed by atoms with Gasteiger partial charge in [-0.1, -0.05) is 29.5 Å². The van der Waals surface area contributed by atoms with E-state index in [1.807, 2.05) is 35.8 Å². The molecular weight excluding hydrogens is 386 g/mol. The molecule has 8 nitrogen and oxygen atoms in total. The minimum Gasteiger partial charge on any atom is -0.353 e. The Hall–Kier alpha value is -1.91. The molecule has 3 rings (SSSR count). The second kappa shape index (κ2) is 8.41. The predicted molar refractivity (Wildman–Crippen MR) is 104 cm³/mol. The van der Waals surface area contributed by atoms with Crippen LogP contribution in [0.1, 0.15) is 18.4 Å². The van der Waals surface area contributed by atoms with Gasteiger partial charge in [-0.15, -0.1) is 10.2 Å². The SMILES string of the molecule is Cc1ccc(-n2cnnc2SCC(=O)NC2CCN(S(C)(=O)=O)CC2)cc1. The lowest BCUT2D eigenvalue weighted by atomic mass is 10.1. The van der Waals surface area contributed by atoms with Gasteiger partial charge in [0.25, 0.3) is 0 Å². The van der Waals surface area contributed by atoms with Crippen LogP contribution in [0.15, 0.2) is 35.7 Å². The summed E-state index contributed by atoms with van der Waals surface area (Å²) in [5.74, 6) is 0.146. The lowest BCUT2D eigenvalue weighted by Gasteiger charge is -2.30. The molecule has 1 aromatic carbocycles. The molecule has 2 aromatic rings. The van der Waals surface area contributed by atoms with Crippen LogP contribution in [0.2, 0.25) is 0 Å². The maximum Gasteiger partial charge on any atom is 0.230 e. The Morgan fingerprint density at radius 3 is 2.56 bits per heavy atom. The molecule has 0 spiro atoms. The number of aryl methyl sites for hydroxylation is 1. The fourth-order valence-electron chi connectivity index (χ4n) is 2.94. The zero-order chi connectivity index (χ0) is 19.4. The van der Waals surface area contributed by atoms with Gasteiger partial charge in [0.05, 0.1) is 12.0 Å². The van der Waals surface area contributed by atoms with E-state index in [0.29, 0.717) is 31.1 Å². The molecular formula is C17H23N5O3S2. The fourth-order valence-corrected chi connectivity index (χ4v) is 4.55. The molecule has 27 heavy (non-hydrogen) atoms. The van der Waals surface area contributed by atoms with Gasteiger partial charge >= 0.3 is 0 Å². The van der Waals surface area contributed by atoms with E-state index in [-0.39, 0.29) is 17.7 Å². The summed E-state index contributed by atoms with van der Waals surface area (Å²) in [6.45, 7) is 2.91. The number of nitrogens with one attached hydrogen (secondary N) is 1. The predicted octanol–water partition coefficient (Wildman–Crippen LogP) is 1.21. The van der Waals surface area contributed by atoms with Crippen LogP contribution < -0.4 is 5.32 Å². The van der Waals surface area contributed by atoms with E-state index in [4.69, 9.17) is 0 Å². The highest BCUT2D eigenvalue weighted by atomic mass is 32.2. The Kier molecular flexibility index (Phi) is 6.18. The maximum absolute atomic E-state index is 12.3. The summed E-state index contributed by atoms with van der Waals surface area (Å²) in [7, 11) is -3.15. The molecule has 0 saturated carbocycles. The Balaban J connectivity index is 1.51. The first-order chi connectivity index (χ1) is 12.8. The summed E-state index contributed by atoms with van der Waals surface area (Å²) in [6, 6.07) is 8.00. The van der Waals surface area contributed by atoms with Gasteiger partial charge < -0.3 is 5.32 Å². The topological polar surface area (TPSA) is 97.2 Å². The van der Waals surface area contributed by atoms with E-state index in [1.165, 1.54) is 27.9 Å². The van der Waals surface area contributed by atoms with Gasteiger partial charge in [0.1, 0.15) is 6.33 Å². The zero-order valence-electron chi connectivity index (χ0n) is 15.3. The van der Waals surface area contributed by atoms with Crippen molar-refractivity contribution in [2.24, 2.45) is 0 Å². The van der Waals surface area contributed by atoms with Crippen LogP contribution in [0, 0.1) is 6.92 Å². The first-order valence-corrected chi connectivity index (χ1v) is 11.5. The average molecular weight is 410 g/mol. The van der Waals surface area contributed by atoms with Crippen LogP contribution in [0.25, 0.3) is 5.69 Å². The smallest absolute Gasteiger partial charge is 0.230 e. The number of rotatable bonds is 6. The summed E-state index contributed by atoms with van der Waals surface area (Å²) < 4.78 is 26.4. The molecule has 10 heteroatoms. The van der Waals surface area contributed by atoms with Crippen LogP contribution in [0.4, 0.5) is 0 Å². The summed E-state index contributed by atoms with van der Waals surface area (Å²) in [4.78, 5) is 12.3. The van der Waals surface area contributed by atoms with Crippen molar-refractivity contribution < 1.29 is 13.2 Å². The zero-order valence-corrected chi connectivity index (χ0v) is 17.0. The molecule has 2 heterocycles. The molecule has 0 atom stereocenters. The Labute approximate surface area is 163 Å². The minimum atomic E-state index is -3.15. The lowest BCUT2D eigenvalue weighted by Crippen LogP contribution is -2.46. The first kappa shape index (κ1) is 19.8. The third kappa shape index (κ3) is 5.30. The molecule has 0 bridgehead atoms. The molecule has 1 aliphatic rings. The fraction of sp³-hybridized carbons (Fsp3) is 0.471. The van der Waals surface area contributed by atoms with Crippen molar-refractivity contribution in [3.05, 3.63) is 36.2 Å². The van der Waals surface area contributed by atoms with Crippen molar-refractivity contribution in [2.75, 3.05) is 25.1 Å². The monoisotopic (exact) mass is 409 g/mol. The Morgan fingerprint density at radius 1 is 1.26 bits per heavy atom. The number of thioether (sulfide) groups is 1. The van der Waals surface area contributed by atoms with Crippen LogP contribution in [0.3, 0.4) is 0 Å². The number of hydrogen-bond donors (Lipinski definition) is 1. The number of piperidine rings is 1. The van der Waals surface area contributed by atoms with Crippen molar-refractivity contribution in [2.45, 2.75) is 31.0 Å². The second-order valence-electron chi connectivity index (χ2n) is 6.61. The molecule has 0 unspecified atom stereocenters. The van der Waals surface area contributed by atoms with E-state index in [1.54, 1.807) is 6.33 Å². The van der Waals surface area contributed by atoms with Gasteiger partial charge in [0, 0.05) is 24.8 Å². The third-order valence-electron chi connectivity index (χ3n) is 4.45. The highest BCUT2D eigenvalue weighted by Gasteiger charge is 2.25. The van der Waals surface area contributed by atoms with Crippen LogP contribution in [0.5, 0.6) is 0 Å². The van der Waals surface area contributed by atoms with Crippen molar-refractivity contribution in [3.8, 4) is 5.69 Å². The normalized spacial score (nSPS) is 16.4. The largest absolute Gasteiger partial charge is 0.353 e. The van der Waals surface area contributed by atoms with Crippen molar-refractivity contribution >= 4 is 27.7 Å². The van der Waals surface area contributed by atoms with E-state index < -0.39 is 10.0 Å². The molecule has 1 N–H and O–H groups in total. The van der Waals surface area contributed by atoms with Crippen molar-refractivity contribution in [1.29, 1.82) is 0 Å². The van der Waals surface area contributed by atoms with E-state index >= 15 is 0 Å². The number of hydrogen-bond acceptors (Lipinski definition) is 6. The first-order valence-electron chi connectivity index (χ1n) is 8.67. The third-order valence-corrected chi connectivity index (χ3v) is 6.70. The molecule has 1 fully saturated rings. The number of amides is 1. The number of sulfonamides is 1. The minimum absolute atomic E-state index is 0.00562. The van der Waals surface area contributed by atoms with Crippen LogP contribution >= 0.6 is 11.8 Å². The van der Waals surface area contributed by atoms with Gasteiger partial charge in [-0.2, -0.15) is 0 Å². The Morgan fingerprint density at radius 2 is 1.93 bits per heavy atom. The molecule has 0 radical (unpaired) electrons. The highest BCUT2D eigenvalue weighted by molar-refractivity contribution is 7.99. The van der Waals surface area contributed by atoms with E-state index in [2.05, 4.69) is 15.5 Å². The standard InChI is InChI=1S/C17H23N5O3S2/c1-13-3-5-15(6-4-13)22-12-18-20-17(22)26-11-16(23)19-14-7-9-21(10-8-14)27(2,24)25/h3-6,12,14H,7-11H2,1-2H3,(H,19,23). The van der Waals surface area contributed by atoms with E-state index in [0.717, 1.165) is 5.69 Å². The quantitative estimate of drug-likeness (QED) is 0.720. The highest BCUT2D eigenvalue weighted by Crippen LogP contribution is 2.20. The van der Waals surface area contributed by atoms with Gasteiger partial charge in [-0.25, -0.2) is 12.7 Å². The number of benzene rings is 1. The van der Waals surface area contributed by atoms with Gasteiger partial charge in [0.2, 0.25) is 15.9 Å². The molecule has 1 aliphatic heterocycles. The maximum atomic E-state index is 12.3. The van der Waals surface area contributed by atoms with Crippen molar-refractivity contribution in [1.82, 2.24) is 24.4 Å². The summed E-state index contributed by atoms with van der Waals surface area (Å²) in [5, 5.41) is 11.7. The Bertz CT molecular complexity index is 888. The van der Waals surface area contributed by atoms with Crippen molar-refractivity contribution in [3.63, 3.8) is 0 Å². The summed E-state index contributed by atoms with van der Waals surface area (Å²) in [5.41, 5.74) is 2.11. The molecule has 1 aromatic heterocycles. The van der Waals surface area contributed by atoms with Gasteiger partial charge in [0.15, 0.2) is 5.16 Å². The van der Waals surface area contributed by atoms with Gasteiger partial charge in [-0.3, -0.25) is 9.36 Å². The summed E-state index contributed by atoms with van der Waals surface area (Å²) >= 11 is 1.33. The number of carbonyl (C=O) groups excluding carboxylic acids is 1. The number of carbonyl (C=O) groups is 1. The molecule has 0 aliphatic carbocycles. The van der Waals surface area contributed by atoms with Crippen LogP contribution in [-0.4, -0.2) is 64.5 Å². The number of aromatic nitrogens is 3. The number of nitrogens with zero attached hydrogens (tertiary/aromatic N) is 4. The average Bonchev–Trinajstić information content (AvgIpc) is 3.09. The second-order valence-corrected chi connectivity index (χ2v) is 9.54. The van der Waals surface area contributed by atoms with E-state index in [9.17, 15) is 13.2 Å². The molecule has 1 amide bonds. The van der Waals surface area contributed by atoms with Crippen LogP contribution in [-0.2, 0) is 14.8 Å². The van der Waals surface area contributed by atoms with Gasteiger partial charge in [-0.05, 0) is 31.9 Å².